The molecule has 2 rings (SSSR count). The highest BCUT2D eigenvalue weighted by atomic mass is 19.2. The van der Waals surface area contributed by atoms with Gasteiger partial charge < -0.3 is 15.4 Å². The third-order valence-corrected chi connectivity index (χ3v) is 3.30. The van der Waals surface area contributed by atoms with Crippen LogP contribution in [0.25, 0.3) is 0 Å². The third-order valence-electron chi connectivity index (χ3n) is 3.30. The minimum Gasteiger partial charge on any atom is -0.364 e. The van der Waals surface area contributed by atoms with Crippen LogP contribution in [0.1, 0.15) is 18.6 Å². The average Bonchev–Trinajstić information content (AvgIpc) is 2.61. The van der Waals surface area contributed by atoms with E-state index in [1.54, 1.807) is 31.2 Å². The summed E-state index contributed by atoms with van der Waals surface area (Å²) >= 11 is 0. The molecule has 0 heterocycles. The van der Waals surface area contributed by atoms with Crippen LogP contribution in [0.4, 0.5) is 14.5 Å². The largest absolute Gasteiger partial charge is 0.364 e. The second-order valence-electron chi connectivity index (χ2n) is 5.14. The Balaban J connectivity index is 1.92. The lowest BCUT2D eigenvalue weighted by Crippen LogP contribution is -2.36. The summed E-state index contributed by atoms with van der Waals surface area (Å²) in [5.74, 6) is -3.10. The summed E-state index contributed by atoms with van der Waals surface area (Å²) < 4.78 is 31.4. The van der Waals surface area contributed by atoms with Gasteiger partial charge in [0.25, 0.3) is 5.91 Å². The number of anilines is 1. The van der Waals surface area contributed by atoms with Crippen LogP contribution in [0.15, 0.2) is 48.5 Å². The second-order valence-corrected chi connectivity index (χ2v) is 5.14. The van der Waals surface area contributed by atoms with Gasteiger partial charge in [0.15, 0.2) is 17.7 Å². The summed E-state index contributed by atoms with van der Waals surface area (Å²) in [5, 5.41) is 4.84. The molecule has 0 saturated heterocycles. The Morgan fingerprint density at radius 1 is 1.08 bits per heavy atom. The van der Waals surface area contributed by atoms with Crippen LogP contribution in [0, 0.1) is 11.6 Å². The number of halogens is 2. The quantitative estimate of drug-likeness (QED) is 0.809. The first kappa shape index (κ1) is 18.5. The van der Waals surface area contributed by atoms with Crippen LogP contribution in [0.2, 0.25) is 0 Å². The summed E-state index contributed by atoms with van der Waals surface area (Å²) in [6.07, 6.45) is -0.831. The molecule has 2 amide bonds. The standard InChI is InChI=1S/C18H18F2N2O3/c1-2-25-17(12-6-4-3-5-7-12)18(24)21-11-16(23)22-13-8-9-14(19)15(20)10-13/h3-10,17H,2,11H2,1H3,(H,21,24)(H,22,23)/t17-/m0/s1. The summed E-state index contributed by atoms with van der Waals surface area (Å²) in [5.41, 5.74) is 0.769. The number of amides is 2. The Kier molecular flexibility index (Phi) is 6.59. The molecule has 7 heteroatoms. The van der Waals surface area contributed by atoms with Gasteiger partial charge in [-0.1, -0.05) is 30.3 Å². The Morgan fingerprint density at radius 3 is 2.44 bits per heavy atom. The Morgan fingerprint density at radius 2 is 1.80 bits per heavy atom. The zero-order valence-corrected chi connectivity index (χ0v) is 13.6. The lowest BCUT2D eigenvalue weighted by molar-refractivity contribution is -0.134. The van der Waals surface area contributed by atoms with Crippen LogP contribution in [-0.4, -0.2) is 25.0 Å². The van der Waals surface area contributed by atoms with Gasteiger partial charge in [-0.15, -0.1) is 0 Å². The fourth-order valence-corrected chi connectivity index (χ4v) is 2.16. The molecule has 0 bridgehead atoms. The van der Waals surface area contributed by atoms with Crippen LogP contribution in [0.5, 0.6) is 0 Å². The Hall–Kier alpha value is -2.80. The van der Waals surface area contributed by atoms with E-state index in [4.69, 9.17) is 4.74 Å². The van der Waals surface area contributed by atoms with E-state index in [2.05, 4.69) is 10.6 Å². The molecule has 0 aliphatic heterocycles. The van der Waals surface area contributed by atoms with Crippen molar-refractivity contribution in [1.29, 1.82) is 0 Å². The lowest BCUT2D eigenvalue weighted by atomic mass is 10.1. The maximum absolute atomic E-state index is 13.1. The molecule has 0 aliphatic rings. The number of benzene rings is 2. The number of hydrogen-bond donors (Lipinski definition) is 2. The molecule has 0 spiro atoms. The molecule has 2 aromatic rings. The van der Waals surface area contributed by atoms with E-state index < -0.39 is 29.6 Å². The van der Waals surface area contributed by atoms with Crippen molar-refractivity contribution >= 4 is 17.5 Å². The molecule has 0 radical (unpaired) electrons. The van der Waals surface area contributed by atoms with E-state index in [1.807, 2.05) is 6.07 Å². The van der Waals surface area contributed by atoms with Crippen molar-refractivity contribution in [3.05, 3.63) is 65.7 Å². The van der Waals surface area contributed by atoms with E-state index in [0.29, 0.717) is 12.2 Å². The summed E-state index contributed by atoms with van der Waals surface area (Å²) in [6, 6.07) is 11.9. The van der Waals surface area contributed by atoms with Crippen LogP contribution in [0.3, 0.4) is 0 Å². The minimum absolute atomic E-state index is 0.0996. The normalized spacial score (nSPS) is 11.6. The van der Waals surface area contributed by atoms with E-state index in [0.717, 1.165) is 12.1 Å². The van der Waals surface area contributed by atoms with Crippen molar-refractivity contribution in [2.24, 2.45) is 0 Å². The Bertz CT molecular complexity index is 738. The number of hydrogen-bond acceptors (Lipinski definition) is 3. The van der Waals surface area contributed by atoms with E-state index in [-0.39, 0.29) is 12.2 Å². The highest BCUT2D eigenvalue weighted by Crippen LogP contribution is 2.17. The maximum Gasteiger partial charge on any atom is 0.254 e. The first-order valence-electron chi connectivity index (χ1n) is 7.70. The summed E-state index contributed by atoms with van der Waals surface area (Å²) in [6.45, 7) is 1.77. The lowest BCUT2D eigenvalue weighted by Gasteiger charge is -2.17. The monoisotopic (exact) mass is 348 g/mol. The van der Waals surface area contributed by atoms with Gasteiger partial charge >= 0.3 is 0 Å². The molecular weight excluding hydrogens is 330 g/mol. The fraction of sp³-hybridized carbons (Fsp3) is 0.222. The van der Waals surface area contributed by atoms with Crippen LogP contribution in [-0.2, 0) is 14.3 Å². The molecule has 25 heavy (non-hydrogen) atoms. The predicted molar refractivity (Wildman–Crippen MR) is 88.8 cm³/mol. The van der Waals surface area contributed by atoms with Crippen LogP contribution < -0.4 is 10.6 Å². The maximum atomic E-state index is 13.1. The summed E-state index contributed by atoms with van der Waals surface area (Å²) in [4.78, 5) is 24.1. The molecule has 0 saturated carbocycles. The molecule has 132 valence electrons. The number of ether oxygens (including phenoxy) is 1. The van der Waals surface area contributed by atoms with Gasteiger partial charge in [-0.05, 0) is 24.6 Å². The van der Waals surface area contributed by atoms with Crippen molar-refractivity contribution in [1.82, 2.24) is 5.32 Å². The molecule has 0 unspecified atom stereocenters. The predicted octanol–water partition coefficient (Wildman–Crippen LogP) is 2.80. The molecule has 5 nitrogen and oxygen atoms in total. The van der Waals surface area contributed by atoms with Gasteiger partial charge in [0.2, 0.25) is 5.91 Å². The van der Waals surface area contributed by atoms with Gasteiger partial charge in [-0.25, -0.2) is 8.78 Å². The number of carbonyl (C=O) groups is 2. The highest BCUT2D eigenvalue weighted by Gasteiger charge is 2.21. The molecular formula is C18H18F2N2O3. The highest BCUT2D eigenvalue weighted by molar-refractivity contribution is 5.95. The number of nitrogens with one attached hydrogen (secondary N) is 2. The zero-order chi connectivity index (χ0) is 18.2. The second kappa shape index (κ2) is 8.89. The Labute approximate surface area is 144 Å². The molecule has 0 aliphatic carbocycles. The molecule has 1 atom stereocenters. The number of rotatable bonds is 7. The first-order valence-corrected chi connectivity index (χ1v) is 7.70. The molecule has 0 fully saturated rings. The van der Waals surface area contributed by atoms with Gasteiger partial charge in [0.05, 0.1) is 6.54 Å². The van der Waals surface area contributed by atoms with Crippen molar-refractivity contribution in [3.8, 4) is 0 Å². The van der Waals surface area contributed by atoms with Crippen LogP contribution >= 0.6 is 0 Å². The molecule has 0 aromatic heterocycles. The van der Waals surface area contributed by atoms with E-state index in [1.165, 1.54) is 6.07 Å². The van der Waals surface area contributed by atoms with E-state index >= 15 is 0 Å². The third kappa shape index (κ3) is 5.36. The first-order chi connectivity index (χ1) is 12.0. The van der Waals surface area contributed by atoms with Gasteiger partial charge in [-0.2, -0.15) is 0 Å². The zero-order valence-electron chi connectivity index (χ0n) is 13.6. The van der Waals surface area contributed by atoms with Crippen molar-refractivity contribution in [2.45, 2.75) is 13.0 Å². The van der Waals surface area contributed by atoms with Crippen molar-refractivity contribution < 1.29 is 23.1 Å². The van der Waals surface area contributed by atoms with E-state index in [9.17, 15) is 18.4 Å². The topological polar surface area (TPSA) is 67.4 Å². The van der Waals surface area contributed by atoms with Crippen molar-refractivity contribution in [2.75, 3.05) is 18.5 Å². The molecule has 2 N–H and O–H groups in total. The van der Waals surface area contributed by atoms with Gasteiger partial charge in [0.1, 0.15) is 0 Å². The van der Waals surface area contributed by atoms with Gasteiger partial charge in [0, 0.05) is 18.4 Å². The van der Waals surface area contributed by atoms with Crippen molar-refractivity contribution in [3.63, 3.8) is 0 Å². The summed E-state index contributed by atoms with van der Waals surface area (Å²) in [7, 11) is 0. The fourth-order valence-electron chi connectivity index (χ4n) is 2.16. The average molecular weight is 348 g/mol. The minimum atomic E-state index is -1.07. The SMILES string of the molecule is CCO[C@H](C(=O)NCC(=O)Nc1ccc(F)c(F)c1)c1ccccc1. The number of carbonyl (C=O) groups excluding carboxylic acids is 2. The smallest absolute Gasteiger partial charge is 0.254 e. The molecule has 2 aromatic carbocycles. The van der Waals surface area contributed by atoms with Gasteiger partial charge in [-0.3, -0.25) is 9.59 Å².